The van der Waals surface area contributed by atoms with Gasteiger partial charge in [-0.15, -0.1) is 11.6 Å². The Kier molecular flexibility index (Phi) is 5.74. The van der Waals surface area contributed by atoms with Crippen LogP contribution in [-0.4, -0.2) is 11.0 Å². The lowest BCUT2D eigenvalue weighted by molar-refractivity contribution is 0.166. The third-order valence-electron chi connectivity index (χ3n) is 2.49. The molecule has 0 aromatic heterocycles. The highest BCUT2D eigenvalue weighted by molar-refractivity contribution is 6.17. The second-order valence-corrected chi connectivity index (χ2v) is 4.22. The topological polar surface area (TPSA) is 20.2 Å². The Morgan fingerprint density at radius 1 is 1.40 bits per heavy atom. The molecule has 0 radical (unpaired) electrons. The highest BCUT2D eigenvalue weighted by atomic mass is 35.5. The van der Waals surface area contributed by atoms with Crippen molar-refractivity contribution in [2.75, 3.05) is 5.88 Å². The molecule has 0 spiro atoms. The molecule has 1 atom stereocenters. The number of halogens is 1. The molecule has 1 aromatic carbocycles. The van der Waals surface area contributed by atoms with Crippen molar-refractivity contribution in [3.8, 4) is 0 Å². The smallest absolute Gasteiger partial charge is 0.0790 e. The van der Waals surface area contributed by atoms with E-state index in [9.17, 15) is 5.11 Å². The van der Waals surface area contributed by atoms with Crippen molar-refractivity contribution in [2.24, 2.45) is 0 Å². The van der Waals surface area contributed by atoms with Crippen molar-refractivity contribution < 1.29 is 5.11 Å². The summed E-state index contributed by atoms with van der Waals surface area (Å²) in [4.78, 5) is 0. The lowest BCUT2D eigenvalue weighted by Gasteiger charge is -2.11. The van der Waals surface area contributed by atoms with E-state index >= 15 is 0 Å². The molecule has 0 saturated carbocycles. The first-order valence-corrected chi connectivity index (χ1v) is 6.14. The zero-order valence-electron chi connectivity index (χ0n) is 9.25. The predicted octanol–water partition coefficient (Wildman–Crippen LogP) is 3.69. The molecule has 1 N–H and O–H groups in total. The van der Waals surface area contributed by atoms with Crippen LogP contribution >= 0.6 is 11.6 Å². The molecule has 1 unspecified atom stereocenters. The standard InChI is InChI=1S/C13H19ClO/c1-2-5-11-6-3-7-12(10-11)13(15)8-4-9-14/h3,6-7,10,13,15H,2,4-5,8-9H2,1H3. The highest BCUT2D eigenvalue weighted by Crippen LogP contribution is 2.20. The molecule has 0 amide bonds. The van der Waals surface area contributed by atoms with E-state index in [0.717, 1.165) is 31.2 Å². The fourth-order valence-corrected chi connectivity index (χ4v) is 1.84. The Balaban J connectivity index is 2.62. The normalized spacial score (nSPS) is 12.7. The molecule has 15 heavy (non-hydrogen) atoms. The van der Waals surface area contributed by atoms with Gasteiger partial charge in [-0.25, -0.2) is 0 Å². The van der Waals surface area contributed by atoms with Crippen LogP contribution < -0.4 is 0 Å². The van der Waals surface area contributed by atoms with Crippen molar-refractivity contribution in [1.29, 1.82) is 0 Å². The first kappa shape index (κ1) is 12.5. The van der Waals surface area contributed by atoms with Gasteiger partial charge >= 0.3 is 0 Å². The van der Waals surface area contributed by atoms with Gasteiger partial charge in [0.25, 0.3) is 0 Å². The second-order valence-electron chi connectivity index (χ2n) is 3.84. The van der Waals surface area contributed by atoms with Gasteiger partial charge in [-0.3, -0.25) is 0 Å². The molecule has 1 nitrogen and oxygen atoms in total. The van der Waals surface area contributed by atoms with Crippen LogP contribution in [0.3, 0.4) is 0 Å². The van der Waals surface area contributed by atoms with E-state index in [0.29, 0.717) is 5.88 Å². The third kappa shape index (κ3) is 4.23. The van der Waals surface area contributed by atoms with Crippen LogP contribution in [0, 0.1) is 0 Å². The Bertz CT molecular complexity index is 286. The average molecular weight is 227 g/mol. The number of benzene rings is 1. The number of rotatable bonds is 6. The van der Waals surface area contributed by atoms with E-state index in [1.807, 2.05) is 12.1 Å². The van der Waals surface area contributed by atoms with E-state index in [4.69, 9.17) is 11.6 Å². The van der Waals surface area contributed by atoms with Crippen LogP contribution in [0.2, 0.25) is 0 Å². The number of hydrogen-bond acceptors (Lipinski definition) is 1. The van der Waals surface area contributed by atoms with Crippen LogP contribution in [-0.2, 0) is 6.42 Å². The summed E-state index contributed by atoms with van der Waals surface area (Å²) in [5.41, 5.74) is 2.32. The average Bonchev–Trinajstić information content (AvgIpc) is 2.27. The van der Waals surface area contributed by atoms with Gasteiger partial charge in [0.2, 0.25) is 0 Å². The summed E-state index contributed by atoms with van der Waals surface area (Å²) >= 11 is 5.60. The Labute approximate surface area is 97.1 Å². The maximum Gasteiger partial charge on any atom is 0.0790 e. The van der Waals surface area contributed by atoms with E-state index < -0.39 is 0 Å². The summed E-state index contributed by atoms with van der Waals surface area (Å²) in [5.74, 6) is 0.617. The van der Waals surface area contributed by atoms with Gasteiger partial charge in [0.15, 0.2) is 0 Å². The van der Waals surface area contributed by atoms with Gasteiger partial charge in [0.05, 0.1) is 6.10 Å². The van der Waals surface area contributed by atoms with Gasteiger partial charge < -0.3 is 5.11 Å². The number of alkyl halides is 1. The summed E-state index contributed by atoms with van der Waals surface area (Å²) in [5, 5.41) is 9.89. The number of aliphatic hydroxyl groups excluding tert-OH is 1. The van der Waals surface area contributed by atoms with Crippen LogP contribution in [0.25, 0.3) is 0 Å². The number of aryl methyl sites for hydroxylation is 1. The maximum atomic E-state index is 9.89. The molecule has 84 valence electrons. The fraction of sp³-hybridized carbons (Fsp3) is 0.538. The summed E-state index contributed by atoms with van der Waals surface area (Å²) in [7, 11) is 0. The molecule has 0 heterocycles. The van der Waals surface area contributed by atoms with E-state index in [2.05, 4.69) is 19.1 Å². The third-order valence-corrected chi connectivity index (χ3v) is 2.75. The van der Waals surface area contributed by atoms with Crippen molar-refractivity contribution >= 4 is 11.6 Å². The van der Waals surface area contributed by atoms with Crippen molar-refractivity contribution in [3.05, 3.63) is 35.4 Å². The van der Waals surface area contributed by atoms with E-state index in [1.54, 1.807) is 0 Å². The van der Waals surface area contributed by atoms with E-state index in [1.165, 1.54) is 5.56 Å². The Morgan fingerprint density at radius 3 is 2.87 bits per heavy atom. The summed E-state index contributed by atoms with van der Waals surface area (Å²) < 4.78 is 0. The quantitative estimate of drug-likeness (QED) is 0.734. The molecule has 0 aliphatic carbocycles. The largest absolute Gasteiger partial charge is 0.388 e. The second kappa shape index (κ2) is 6.86. The maximum absolute atomic E-state index is 9.89. The molecule has 0 aliphatic rings. The van der Waals surface area contributed by atoms with Crippen molar-refractivity contribution in [2.45, 2.75) is 38.7 Å². The first-order valence-electron chi connectivity index (χ1n) is 5.60. The first-order chi connectivity index (χ1) is 7.27. The minimum absolute atomic E-state index is 0.361. The van der Waals surface area contributed by atoms with Crippen LogP contribution in [0.1, 0.15) is 43.4 Å². The van der Waals surface area contributed by atoms with Gasteiger partial charge in [-0.2, -0.15) is 0 Å². The van der Waals surface area contributed by atoms with Crippen LogP contribution in [0.5, 0.6) is 0 Å². The van der Waals surface area contributed by atoms with E-state index in [-0.39, 0.29) is 6.10 Å². The molecule has 2 heteroatoms. The zero-order valence-corrected chi connectivity index (χ0v) is 10.0. The van der Waals surface area contributed by atoms with Gasteiger partial charge in [0, 0.05) is 5.88 Å². The Hall–Kier alpha value is -0.530. The van der Waals surface area contributed by atoms with Crippen LogP contribution in [0.15, 0.2) is 24.3 Å². The lowest BCUT2D eigenvalue weighted by atomic mass is 10.0. The SMILES string of the molecule is CCCc1cccc(C(O)CCCCl)c1. The molecule has 1 aromatic rings. The van der Waals surface area contributed by atoms with Crippen molar-refractivity contribution in [3.63, 3.8) is 0 Å². The molecular weight excluding hydrogens is 208 g/mol. The van der Waals surface area contributed by atoms with Gasteiger partial charge in [-0.05, 0) is 30.4 Å². The summed E-state index contributed by atoms with van der Waals surface area (Å²) in [6.07, 6.45) is 3.47. The number of aliphatic hydroxyl groups is 1. The number of hydrogen-bond donors (Lipinski definition) is 1. The van der Waals surface area contributed by atoms with Gasteiger partial charge in [-0.1, -0.05) is 37.6 Å². The van der Waals surface area contributed by atoms with Crippen LogP contribution in [0.4, 0.5) is 0 Å². The Morgan fingerprint density at radius 2 is 2.20 bits per heavy atom. The van der Waals surface area contributed by atoms with Gasteiger partial charge in [0.1, 0.15) is 0 Å². The molecule has 0 saturated heterocycles. The highest BCUT2D eigenvalue weighted by Gasteiger charge is 2.06. The molecule has 1 rings (SSSR count). The molecular formula is C13H19ClO. The minimum atomic E-state index is -0.361. The predicted molar refractivity (Wildman–Crippen MR) is 65.4 cm³/mol. The van der Waals surface area contributed by atoms with Crippen molar-refractivity contribution in [1.82, 2.24) is 0 Å². The monoisotopic (exact) mass is 226 g/mol. The molecule has 0 aliphatic heterocycles. The molecule has 0 bridgehead atoms. The fourth-order valence-electron chi connectivity index (χ4n) is 1.68. The minimum Gasteiger partial charge on any atom is -0.388 e. The summed E-state index contributed by atoms with van der Waals surface area (Å²) in [6, 6.07) is 8.21. The zero-order chi connectivity index (χ0) is 11.1. The summed E-state index contributed by atoms with van der Waals surface area (Å²) in [6.45, 7) is 2.16. The lowest BCUT2D eigenvalue weighted by Crippen LogP contribution is -1.98. The molecule has 0 fully saturated rings.